The Bertz CT molecular complexity index is 500. The van der Waals surface area contributed by atoms with Crippen LogP contribution in [-0.2, 0) is 14.3 Å². The number of hydrogen-bond acceptors (Lipinski definition) is 4. The van der Waals surface area contributed by atoms with Gasteiger partial charge in [-0.2, -0.15) is 0 Å². The normalized spacial score (nSPS) is 14.3. The van der Waals surface area contributed by atoms with Crippen molar-refractivity contribution in [2.24, 2.45) is 0 Å². The molecule has 1 rings (SSSR count). The summed E-state index contributed by atoms with van der Waals surface area (Å²) in [7, 11) is 0. The average Bonchev–Trinajstić information content (AvgIpc) is 2.59. The zero-order valence-electron chi connectivity index (χ0n) is 17.1. The molecule has 0 saturated carbocycles. The van der Waals surface area contributed by atoms with E-state index in [4.69, 9.17) is 9.47 Å². The molecule has 0 radical (unpaired) electrons. The third-order valence-corrected chi connectivity index (χ3v) is 3.96. The summed E-state index contributed by atoms with van der Waals surface area (Å²) in [4.78, 5) is 26.2. The summed E-state index contributed by atoms with van der Waals surface area (Å²) in [5, 5.41) is 0. The Balaban J connectivity index is 0.00000301. The SMILES string of the molecule is C#C.CCCCCCC1=C(C(=O)OCC)CN(C(=O)OC(C)(C)C)CC1. The van der Waals surface area contributed by atoms with E-state index in [9.17, 15) is 9.59 Å². The quantitative estimate of drug-likeness (QED) is 0.372. The number of carbonyl (C=O) groups is 2. The maximum Gasteiger partial charge on any atom is 0.410 e. The monoisotopic (exact) mass is 365 g/mol. The van der Waals surface area contributed by atoms with E-state index in [-0.39, 0.29) is 18.6 Å². The van der Waals surface area contributed by atoms with Gasteiger partial charge in [0, 0.05) is 6.54 Å². The Morgan fingerprint density at radius 2 is 1.77 bits per heavy atom. The lowest BCUT2D eigenvalue weighted by molar-refractivity contribution is -0.139. The molecule has 0 aliphatic carbocycles. The molecule has 0 saturated heterocycles. The maximum atomic E-state index is 12.3. The zero-order valence-corrected chi connectivity index (χ0v) is 17.1. The van der Waals surface area contributed by atoms with Crippen LogP contribution >= 0.6 is 0 Å². The van der Waals surface area contributed by atoms with Crippen LogP contribution in [0.25, 0.3) is 0 Å². The zero-order chi connectivity index (χ0) is 20.2. The molecule has 5 nitrogen and oxygen atoms in total. The maximum absolute atomic E-state index is 12.3. The summed E-state index contributed by atoms with van der Waals surface area (Å²) < 4.78 is 10.6. The van der Waals surface area contributed by atoms with Gasteiger partial charge in [0.15, 0.2) is 0 Å². The fourth-order valence-electron chi connectivity index (χ4n) is 2.75. The molecule has 0 unspecified atom stereocenters. The van der Waals surface area contributed by atoms with Gasteiger partial charge in [-0.3, -0.25) is 0 Å². The smallest absolute Gasteiger partial charge is 0.410 e. The van der Waals surface area contributed by atoms with Crippen molar-refractivity contribution in [3.8, 4) is 12.8 Å². The lowest BCUT2D eigenvalue weighted by atomic mass is 9.95. The van der Waals surface area contributed by atoms with Crippen LogP contribution in [0.5, 0.6) is 0 Å². The summed E-state index contributed by atoms with van der Waals surface area (Å²) >= 11 is 0. The molecule has 1 aliphatic heterocycles. The number of esters is 1. The highest BCUT2D eigenvalue weighted by Crippen LogP contribution is 2.25. The van der Waals surface area contributed by atoms with E-state index in [0.717, 1.165) is 24.8 Å². The lowest BCUT2D eigenvalue weighted by Gasteiger charge is -2.32. The molecule has 1 aliphatic rings. The van der Waals surface area contributed by atoms with Gasteiger partial charge in [0.2, 0.25) is 0 Å². The molecule has 0 fully saturated rings. The van der Waals surface area contributed by atoms with Crippen LogP contribution in [0, 0.1) is 12.8 Å². The highest BCUT2D eigenvalue weighted by molar-refractivity contribution is 5.91. The van der Waals surface area contributed by atoms with Crippen molar-refractivity contribution >= 4 is 12.1 Å². The number of terminal acetylenes is 1. The predicted molar refractivity (Wildman–Crippen MR) is 105 cm³/mol. The molecule has 148 valence electrons. The Hall–Kier alpha value is -1.96. The number of carbonyl (C=O) groups excluding carboxylic acids is 2. The van der Waals surface area contributed by atoms with Crippen molar-refractivity contribution in [3.05, 3.63) is 11.1 Å². The van der Waals surface area contributed by atoms with Gasteiger partial charge in [0.05, 0.1) is 18.7 Å². The van der Waals surface area contributed by atoms with E-state index in [1.165, 1.54) is 19.3 Å². The number of nitrogens with zero attached hydrogens (tertiary/aromatic N) is 1. The highest BCUT2D eigenvalue weighted by atomic mass is 16.6. The minimum absolute atomic E-state index is 0.289. The van der Waals surface area contributed by atoms with Crippen LogP contribution in [-0.4, -0.2) is 42.3 Å². The molecular weight excluding hydrogens is 330 g/mol. The molecule has 0 N–H and O–H groups in total. The first-order valence-electron chi connectivity index (χ1n) is 9.47. The van der Waals surface area contributed by atoms with Crippen LogP contribution < -0.4 is 0 Å². The summed E-state index contributed by atoms with van der Waals surface area (Å²) in [6, 6.07) is 0. The van der Waals surface area contributed by atoms with Gasteiger partial charge in [-0.1, -0.05) is 31.8 Å². The number of hydrogen-bond donors (Lipinski definition) is 0. The third-order valence-electron chi connectivity index (χ3n) is 3.96. The van der Waals surface area contributed by atoms with Gasteiger partial charge in [0.25, 0.3) is 0 Å². The van der Waals surface area contributed by atoms with Crippen LogP contribution in [0.1, 0.15) is 73.1 Å². The summed E-state index contributed by atoms with van der Waals surface area (Å²) in [6.45, 7) is 10.7. The fourth-order valence-corrected chi connectivity index (χ4v) is 2.75. The molecule has 5 heteroatoms. The fraction of sp³-hybridized carbons (Fsp3) is 0.714. The lowest BCUT2D eigenvalue weighted by Crippen LogP contribution is -2.42. The van der Waals surface area contributed by atoms with E-state index in [0.29, 0.717) is 18.7 Å². The molecule has 0 aromatic rings. The van der Waals surface area contributed by atoms with Gasteiger partial charge >= 0.3 is 12.1 Å². The minimum atomic E-state index is -0.536. The average molecular weight is 366 g/mol. The van der Waals surface area contributed by atoms with E-state index in [2.05, 4.69) is 19.8 Å². The third kappa shape index (κ3) is 8.94. The molecule has 0 bridgehead atoms. The van der Waals surface area contributed by atoms with E-state index >= 15 is 0 Å². The van der Waals surface area contributed by atoms with Crippen LogP contribution in [0.3, 0.4) is 0 Å². The Labute approximate surface area is 159 Å². The first-order chi connectivity index (χ1) is 12.3. The first kappa shape index (κ1) is 24.0. The molecule has 0 atom stereocenters. The molecule has 0 spiro atoms. The van der Waals surface area contributed by atoms with Gasteiger partial charge < -0.3 is 14.4 Å². The number of unbranched alkanes of at least 4 members (excludes halogenated alkanes) is 3. The van der Waals surface area contributed by atoms with Crippen molar-refractivity contribution in [2.75, 3.05) is 19.7 Å². The van der Waals surface area contributed by atoms with E-state index in [1.807, 2.05) is 20.8 Å². The topological polar surface area (TPSA) is 55.8 Å². The number of amides is 1. The van der Waals surface area contributed by atoms with Crippen molar-refractivity contribution in [1.82, 2.24) is 4.90 Å². The number of ether oxygens (including phenoxy) is 2. The van der Waals surface area contributed by atoms with Gasteiger partial charge in [-0.05, 0) is 47.0 Å². The minimum Gasteiger partial charge on any atom is -0.463 e. The number of rotatable bonds is 7. The molecule has 26 heavy (non-hydrogen) atoms. The van der Waals surface area contributed by atoms with Gasteiger partial charge in [-0.15, -0.1) is 12.8 Å². The largest absolute Gasteiger partial charge is 0.463 e. The van der Waals surface area contributed by atoms with Crippen LogP contribution in [0.4, 0.5) is 4.79 Å². The van der Waals surface area contributed by atoms with E-state index < -0.39 is 5.60 Å². The van der Waals surface area contributed by atoms with Gasteiger partial charge in [-0.25, -0.2) is 9.59 Å². The Kier molecular flexibility index (Phi) is 11.5. The molecule has 0 aromatic carbocycles. The van der Waals surface area contributed by atoms with Crippen molar-refractivity contribution in [3.63, 3.8) is 0 Å². The molecular formula is C21H35NO4. The van der Waals surface area contributed by atoms with E-state index in [1.54, 1.807) is 11.8 Å². The predicted octanol–water partition coefficient (Wildman–Crippen LogP) is 4.71. The molecule has 1 amide bonds. The Morgan fingerprint density at radius 1 is 1.12 bits per heavy atom. The van der Waals surface area contributed by atoms with Crippen molar-refractivity contribution in [2.45, 2.75) is 78.7 Å². The van der Waals surface area contributed by atoms with Crippen LogP contribution in [0.15, 0.2) is 11.1 Å². The summed E-state index contributed by atoms with van der Waals surface area (Å²) in [5.41, 5.74) is 1.25. The second-order valence-electron chi connectivity index (χ2n) is 7.27. The summed E-state index contributed by atoms with van der Waals surface area (Å²) in [6.07, 6.45) is 13.9. The molecule has 0 aromatic heterocycles. The second kappa shape index (κ2) is 12.4. The summed E-state index contributed by atoms with van der Waals surface area (Å²) in [5.74, 6) is -0.295. The second-order valence-corrected chi connectivity index (χ2v) is 7.27. The van der Waals surface area contributed by atoms with Crippen molar-refractivity contribution < 1.29 is 19.1 Å². The van der Waals surface area contributed by atoms with Crippen molar-refractivity contribution in [1.29, 1.82) is 0 Å². The first-order valence-corrected chi connectivity index (χ1v) is 9.47. The van der Waals surface area contributed by atoms with Crippen LogP contribution in [0.2, 0.25) is 0 Å². The standard InChI is InChI=1S/C19H33NO4.C2H2/c1-6-8-9-10-11-15-12-13-20(18(22)24-19(3,4)5)14-16(15)17(21)23-7-2;1-2/h6-14H2,1-5H3;1-2H. The molecule has 1 heterocycles. The Morgan fingerprint density at radius 3 is 2.31 bits per heavy atom. The highest BCUT2D eigenvalue weighted by Gasteiger charge is 2.30. The van der Waals surface area contributed by atoms with Gasteiger partial charge in [0.1, 0.15) is 5.60 Å².